The molecule has 0 bridgehead atoms. The Bertz CT molecular complexity index is 1040. The van der Waals surface area contributed by atoms with E-state index in [2.05, 4.69) is 31.9 Å². The van der Waals surface area contributed by atoms with Gasteiger partial charge in [-0.1, -0.05) is 45.1 Å². The third kappa shape index (κ3) is 34.5. The van der Waals surface area contributed by atoms with Crippen molar-refractivity contribution < 1.29 is 47.8 Å². The second kappa shape index (κ2) is 36.8. The molecule has 0 heterocycles. The molecule has 0 rings (SSSR count). The zero-order valence-electron chi connectivity index (χ0n) is 31.6. The lowest BCUT2D eigenvalue weighted by atomic mass is 10.2. The van der Waals surface area contributed by atoms with Gasteiger partial charge in [0.25, 0.3) is 0 Å². The molecule has 0 aromatic rings. The number of nitrogens with zero attached hydrogens (tertiary/aromatic N) is 5. The van der Waals surface area contributed by atoms with Crippen LogP contribution in [-0.4, -0.2) is 120 Å². The van der Waals surface area contributed by atoms with Crippen LogP contribution in [0.4, 0.5) is 4.79 Å². The average molecular weight is 739 g/mol. The van der Waals surface area contributed by atoms with E-state index in [1.54, 1.807) is 32.9 Å². The molecule has 0 aromatic carbocycles. The SMILES string of the molecule is C=C(C)C(=O)OC(C)COCCCOCC(C)OC(=O)NCCCCCCN(OC=NCCCCCCN=C=O)OC=NCCCCCCN=C=O. The van der Waals surface area contributed by atoms with Crippen LogP contribution in [0.3, 0.4) is 0 Å². The second-order valence-electron chi connectivity index (χ2n) is 12.1. The molecule has 1 amide bonds. The summed E-state index contributed by atoms with van der Waals surface area (Å²) in [6, 6.07) is 0. The number of isocyanates is 2. The summed E-state index contributed by atoms with van der Waals surface area (Å²) in [7, 11) is 0. The van der Waals surface area contributed by atoms with Crippen LogP contribution >= 0.6 is 0 Å². The number of carbonyl (C=O) groups is 2. The fourth-order valence-corrected chi connectivity index (χ4v) is 4.24. The van der Waals surface area contributed by atoms with Gasteiger partial charge in [-0.25, -0.2) is 29.2 Å². The van der Waals surface area contributed by atoms with Gasteiger partial charge in [0.2, 0.25) is 25.0 Å². The minimum atomic E-state index is -0.483. The van der Waals surface area contributed by atoms with Gasteiger partial charge in [-0.15, -0.1) is 0 Å². The molecule has 2 atom stereocenters. The zero-order chi connectivity index (χ0) is 38.3. The van der Waals surface area contributed by atoms with Crippen molar-refractivity contribution in [2.24, 2.45) is 20.0 Å². The predicted molar refractivity (Wildman–Crippen MR) is 198 cm³/mol. The summed E-state index contributed by atoms with van der Waals surface area (Å²) in [5, 5.41) is 4.12. The van der Waals surface area contributed by atoms with Crippen molar-refractivity contribution in [3.63, 3.8) is 0 Å². The van der Waals surface area contributed by atoms with Gasteiger partial charge in [-0.2, -0.15) is 0 Å². The lowest BCUT2D eigenvalue weighted by Gasteiger charge is -2.17. The van der Waals surface area contributed by atoms with Gasteiger partial charge in [-0.3, -0.25) is 9.98 Å². The highest BCUT2D eigenvalue weighted by Crippen LogP contribution is 2.05. The first-order chi connectivity index (χ1) is 25.3. The Morgan fingerprint density at radius 3 is 1.69 bits per heavy atom. The number of hydrogen-bond acceptors (Lipinski definition) is 15. The van der Waals surface area contributed by atoms with Crippen LogP contribution in [0.15, 0.2) is 32.1 Å². The molecular formula is C36H62N6O10. The molecule has 0 aromatic heterocycles. The summed E-state index contributed by atoms with van der Waals surface area (Å²) in [5.41, 5.74) is 0.349. The molecule has 0 aliphatic rings. The van der Waals surface area contributed by atoms with Gasteiger partial charge in [0, 0.05) is 43.6 Å². The Kier molecular flexibility index (Phi) is 34.0. The quantitative estimate of drug-likeness (QED) is 0.0160. The molecular weight excluding hydrogens is 676 g/mol. The zero-order valence-corrected chi connectivity index (χ0v) is 31.6. The Balaban J connectivity index is 4.15. The number of nitrogens with one attached hydrogen (secondary N) is 1. The van der Waals surface area contributed by atoms with E-state index < -0.39 is 18.2 Å². The van der Waals surface area contributed by atoms with E-state index in [0.717, 1.165) is 77.0 Å². The highest BCUT2D eigenvalue weighted by atomic mass is 16.9. The van der Waals surface area contributed by atoms with Crippen molar-refractivity contribution >= 4 is 37.0 Å². The Hall–Kier alpha value is -3.94. The highest BCUT2D eigenvalue weighted by molar-refractivity contribution is 5.87. The van der Waals surface area contributed by atoms with E-state index in [-0.39, 0.29) is 12.7 Å². The summed E-state index contributed by atoms with van der Waals surface area (Å²) in [6.45, 7) is 13.4. The number of hydroxylamine groups is 2. The molecule has 52 heavy (non-hydrogen) atoms. The van der Waals surface area contributed by atoms with E-state index >= 15 is 0 Å². The maximum absolute atomic E-state index is 12.1. The van der Waals surface area contributed by atoms with Gasteiger partial charge in [0.05, 0.1) is 32.8 Å². The summed E-state index contributed by atoms with van der Waals surface area (Å²) >= 11 is 0. The largest absolute Gasteiger partial charge is 0.457 e. The summed E-state index contributed by atoms with van der Waals surface area (Å²) < 4.78 is 21.6. The van der Waals surface area contributed by atoms with Gasteiger partial charge in [0.1, 0.15) is 12.2 Å². The molecule has 0 fully saturated rings. The molecule has 16 nitrogen and oxygen atoms in total. The number of amides is 1. The molecule has 296 valence electrons. The van der Waals surface area contributed by atoms with Gasteiger partial charge in [0.15, 0.2) is 0 Å². The average Bonchev–Trinajstić information content (AvgIpc) is 3.11. The van der Waals surface area contributed by atoms with Crippen LogP contribution in [0, 0.1) is 0 Å². The summed E-state index contributed by atoms with van der Waals surface area (Å²) in [4.78, 5) is 70.6. The lowest BCUT2D eigenvalue weighted by molar-refractivity contribution is -0.270. The molecule has 0 saturated carbocycles. The minimum absolute atomic E-state index is 0.273. The van der Waals surface area contributed by atoms with Crippen LogP contribution in [0.2, 0.25) is 0 Å². The van der Waals surface area contributed by atoms with Crippen LogP contribution in [0.5, 0.6) is 0 Å². The van der Waals surface area contributed by atoms with Crippen molar-refractivity contribution in [2.45, 2.75) is 116 Å². The fourth-order valence-electron chi connectivity index (χ4n) is 4.24. The fraction of sp³-hybridized carbons (Fsp3) is 0.778. The molecule has 0 spiro atoms. The normalized spacial score (nSPS) is 12.2. The van der Waals surface area contributed by atoms with Crippen LogP contribution < -0.4 is 5.32 Å². The molecule has 2 unspecified atom stereocenters. The monoisotopic (exact) mass is 738 g/mol. The van der Waals surface area contributed by atoms with Gasteiger partial charge in [-0.05, 0) is 65.7 Å². The topological polar surface area (TPSA) is 188 Å². The Morgan fingerprint density at radius 1 is 0.692 bits per heavy atom. The van der Waals surface area contributed by atoms with Gasteiger partial charge < -0.3 is 33.9 Å². The first kappa shape index (κ1) is 48.1. The standard InChI is InChI=1S/C36H62N6O10/c1-32(2)35(45)51-33(3)26-47-24-17-25-48-27-34(4)52-36(46)41-22-15-9-10-16-23-42(49-30-39-20-13-7-5-11-18-37-28-43)50-31-40-21-14-8-6-12-19-38-29-44/h30-31,33-34H,1,5-27H2,2-4H3,(H,41,46). The van der Waals surface area contributed by atoms with Crippen molar-refractivity contribution in [1.29, 1.82) is 0 Å². The smallest absolute Gasteiger partial charge is 0.407 e. The third-order valence-corrected chi connectivity index (χ3v) is 7.01. The second-order valence-corrected chi connectivity index (χ2v) is 12.1. The maximum atomic E-state index is 12.1. The molecule has 0 saturated heterocycles. The van der Waals surface area contributed by atoms with E-state index in [1.165, 1.54) is 18.0 Å². The van der Waals surface area contributed by atoms with Crippen LogP contribution in [0.25, 0.3) is 0 Å². The highest BCUT2D eigenvalue weighted by Gasteiger charge is 2.11. The number of ether oxygens (including phenoxy) is 4. The number of aliphatic imine (C=N–C) groups is 4. The minimum Gasteiger partial charge on any atom is -0.457 e. The van der Waals surface area contributed by atoms with E-state index in [0.29, 0.717) is 71.1 Å². The molecule has 0 aliphatic heterocycles. The summed E-state index contributed by atoms with van der Waals surface area (Å²) in [5.74, 6) is -0.433. The van der Waals surface area contributed by atoms with Crippen molar-refractivity contribution in [3.05, 3.63) is 12.2 Å². The van der Waals surface area contributed by atoms with Crippen LogP contribution in [0.1, 0.15) is 104 Å². The molecule has 0 aliphatic carbocycles. The number of rotatable bonds is 36. The van der Waals surface area contributed by atoms with E-state index in [9.17, 15) is 19.2 Å². The van der Waals surface area contributed by atoms with Crippen molar-refractivity contribution in [3.8, 4) is 0 Å². The molecule has 0 radical (unpaired) electrons. The number of hydrogen-bond donors (Lipinski definition) is 1. The number of alkyl carbamates (subject to hydrolysis) is 1. The third-order valence-electron chi connectivity index (χ3n) is 7.01. The van der Waals surface area contributed by atoms with Gasteiger partial charge >= 0.3 is 12.1 Å². The first-order valence-corrected chi connectivity index (χ1v) is 18.4. The van der Waals surface area contributed by atoms with E-state index in [1.807, 2.05) is 0 Å². The number of unbranched alkanes of at least 4 members (excludes halogenated alkanes) is 9. The van der Waals surface area contributed by atoms with Crippen molar-refractivity contribution in [2.75, 3.05) is 65.7 Å². The van der Waals surface area contributed by atoms with Crippen LogP contribution in [-0.2, 0) is 43.0 Å². The first-order valence-electron chi connectivity index (χ1n) is 18.4. The lowest BCUT2D eigenvalue weighted by Crippen LogP contribution is -2.30. The molecule has 16 heteroatoms. The maximum Gasteiger partial charge on any atom is 0.407 e. The van der Waals surface area contributed by atoms with Crippen molar-refractivity contribution in [1.82, 2.24) is 10.5 Å². The predicted octanol–water partition coefficient (Wildman–Crippen LogP) is 5.61. The number of esters is 1. The number of carbonyl (C=O) groups excluding carboxylic acids is 4. The Morgan fingerprint density at radius 2 is 1.17 bits per heavy atom. The molecule has 1 N–H and O–H groups in total. The Labute approximate surface area is 309 Å². The van der Waals surface area contributed by atoms with E-state index in [4.69, 9.17) is 28.6 Å². The summed E-state index contributed by atoms with van der Waals surface area (Å²) in [6.07, 6.45) is 16.1.